The van der Waals surface area contributed by atoms with Gasteiger partial charge in [0.2, 0.25) is 10.9 Å². The zero-order valence-corrected chi connectivity index (χ0v) is 11.2. The minimum absolute atomic E-state index is 0.220. The van der Waals surface area contributed by atoms with Gasteiger partial charge in [0.05, 0.1) is 5.69 Å². The quantitative estimate of drug-likeness (QED) is 0.685. The van der Waals surface area contributed by atoms with Crippen molar-refractivity contribution in [1.82, 2.24) is 15.4 Å². The zero-order chi connectivity index (χ0) is 12.5. The summed E-state index contributed by atoms with van der Waals surface area (Å²) in [5.41, 5.74) is 0.863. The number of thioether (sulfide) groups is 1. The van der Waals surface area contributed by atoms with Gasteiger partial charge in [-0.05, 0) is 19.1 Å². The Kier molecular flexibility index (Phi) is 3.04. The summed E-state index contributed by atoms with van der Waals surface area (Å²) in [5, 5.41) is 14.8. The summed E-state index contributed by atoms with van der Waals surface area (Å²) in [6.45, 7) is 0. The van der Waals surface area contributed by atoms with Gasteiger partial charge in [-0.3, -0.25) is 10.1 Å². The number of rotatable bonds is 4. The Labute approximate surface area is 111 Å². The summed E-state index contributed by atoms with van der Waals surface area (Å²) >= 11 is 2.81. The van der Waals surface area contributed by atoms with Crippen LogP contribution in [0.25, 0.3) is 0 Å². The lowest BCUT2D eigenvalue weighted by Gasteiger charge is -1.94. The molecule has 0 unspecified atom stereocenters. The summed E-state index contributed by atoms with van der Waals surface area (Å²) in [5.74, 6) is 0.357. The van der Waals surface area contributed by atoms with E-state index in [0.717, 1.165) is 22.9 Å². The Bertz CT molecular complexity index is 576. The third kappa shape index (κ3) is 2.39. The number of carbonyl (C=O) groups excluding carboxylic acids is 1. The van der Waals surface area contributed by atoms with Crippen LogP contribution >= 0.6 is 23.1 Å². The molecule has 8 heteroatoms. The highest BCUT2D eigenvalue weighted by molar-refractivity contribution is 8.00. The van der Waals surface area contributed by atoms with E-state index in [0.29, 0.717) is 11.0 Å². The van der Waals surface area contributed by atoms with Crippen LogP contribution in [0.1, 0.15) is 35.0 Å². The predicted molar refractivity (Wildman–Crippen MR) is 68.1 cm³/mol. The van der Waals surface area contributed by atoms with E-state index in [4.69, 9.17) is 4.52 Å². The molecule has 0 radical (unpaired) electrons. The third-order valence-electron chi connectivity index (χ3n) is 2.55. The lowest BCUT2D eigenvalue weighted by molar-refractivity contribution is 0.0987. The van der Waals surface area contributed by atoms with Gasteiger partial charge in [0, 0.05) is 12.0 Å². The van der Waals surface area contributed by atoms with Crippen molar-refractivity contribution in [2.45, 2.75) is 23.1 Å². The fraction of sp³-hybridized carbons (Fsp3) is 0.400. The van der Waals surface area contributed by atoms with Gasteiger partial charge in [0.15, 0.2) is 4.34 Å². The first-order valence-electron chi connectivity index (χ1n) is 5.41. The zero-order valence-electron chi connectivity index (χ0n) is 9.54. The Balaban J connectivity index is 1.69. The van der Waals surface area contributed by atoms with Crippen molar-refractivity contribution in [1.29, 1.82) is 0 Å². The maximum Gasteiger partial charge on any atom is 0.296 e. The average molecular weight is 282 g/mol. The molecule has 1 saturated carbocycles. The molecule has 0 spiro atoms. The molecule has 1 aliphatic carbocycles. The second-order valence-electron chi connectivity index (χ2n) is 3.92. The lowest BCUT2D eigenvalue weighted by Crippen LogP contribution is -2.10. The van der Waals surface area contributed by atoms with Crippen molar-refractivity contribution in [3.05, 3.63) is 17.5 Å². The average Bonchev–Trinajstić information content (AvgIpc) is 2.93. The normalized spacial score (nSPS) is 14.7. The number of hydrogen-bond acceptors (Lipinski definition) is 7. The number of aromatic nitrogens is 3. The first-order valence-corrected chi connectivity index (χ1v) is 7.46. The van der Waals surface area contributed by atoms with E-state index >= 15 is 0 Å². The largest absolute Gasteiger partial charge is 0.351 e. The third-order valence-corrected chi connectivity index (χ3v) is 4.36. The van der Waals surface area contributed by atoms with E-state index in [2.05, 4.69) is 20.7 Å². The molecule has 1 aliphatic rings. The molecule has 0 saturated heterocycles. The van der Waals surface area contributed by atoms with Gasteiger partial charge in [0.1, 0.15) is 0 Å². The Hall–Kier alpha value is -1.41. The van der Waals surface area contributed by atoms with Crippen LogP contribution in [-0.4, -0.2) is 27.5 Å². The minimum atomic E-state index is -0.335. The highest BCUT2D eigenvalue weighted by Crippen LogP contribution is 2.39. The second-order valence-corrected chi connectivity index (χ2v) is 5.95. The summed E-state index contributed by atoms with van der Waals surface area (Å²) < 4.78 is 5.83. The molecule has 2 aromatic rings. The summed E-state index contributed by atoms with van der Waals surface area (Å²) in [4.78, 5) is 11.9. The van der Waals surface area contributed by atoms with Gasteiger partial charge in [-0.2, -0.15) is 0 Å². The standard InChI is InChI=1S/C10H10N4O2S2/c1-17-10-13-12-9(18-10)11-8(15)7-4-6(14-16-7)5-2-3-5/h4-5H,2-3H2,1H3,(H,11,12,15). The minimum Gasteiger partial charge on any atom is -0.351 e. The second kappa shape index (κ2) is 4.69. The van der Waals surface area contributed by atoms with Gasteiger partial charge < -0.3 is 4.52 Å². The summed E-state index contributed by atoms with van der Waals surface area (Å²) in [7, 11) is 0. The Morgan fingerprint density at radius 1 is 1.56 bits per heavy atom. The lowest BCUT2D eigenvalue weighted by atomic mass is 10.3. The number of carbonyl (C=O) groups is 1. The van der Waals surface area contributed by atoms with Crippen LogP contribution in [0.2, 0.25) is 0 Å². The van der Waals surface area contributed by atoms with E-state index in [1.54, 1.807) is 6.07 Å². The molecule has 1 N–H and O–H groups in total. The maximum atomic E-state index is 11.9. The molecule has 2 aromatic heterocycles. The van der Waals surface area contributed by atoms with Gasteiger partial charge in [-0.1, -0.05) is 28.3 Å². The van der Waals surface area contributed by atoms with Crippen LogP contribution in [0.3, 0.4) is 0 Å². The van der Waals surface area contributed by atoms with E-state index in [1.165, 1.54) is 23.1 Å². The molecular formula is C10H10N4O2S2. The molecule has 0 aromatic carbocycles. The molecule has 0 aliphatic heterocycles. The van der Waals surface area contributed by atoms with Crippen molar-refractivity contribution in [3.8, 4) is 0 Å². The van der Waals surface area contributed by atoms with E-state index < -0.39 is 0 Å². The predicted octanol–water partition coefficient (Wildman–Crippen LogP) is 2.38. The fourth-order valence-corrected chi connectivity index (χ4v) is 2.63. The van der Waals surface area contributed by atoms with Crippen molar-refractivity contribution in [2.24, 2.45) is 0 Å². The van der Waals surface area contributed by atoms with Crippen LogP contribution in [0.5, 0.6) is 0 Å². The molecule has 1 fully saturated rings. The Morgan fingerprint density at radius 3 is 3.06 bits per heavy atom. The monoisotopic (exact) mass is 282 g/mol. The maximum absolute atomic E-state index is 11.9. The van der Waals surface area contributed by atoms with Crippen LogP contribution in [0, 0.1) is 0 Å². The highest BCUT2D eigenvalue weighted by Gasteiger charge is 2.28. The first kappa shape index (κ1) is 11.7. The summed E-state index contributed by atoms with van der Waals surface area (Å²) in [6.07, 6.45) is 4.16. The van der Waals surface area contributed by atoms with Crippen molar-refractivity contribution in [3.63, 3.8) is 0 Å². The number of anilines is 1. The number of nitrogens with one attached hydrogen (secondary N) is 1. The van der Waals surface area contributed by atoms with Gasteiger partial charge >= 0.3 is 0 Å². The topological polar surface area (TPSA) is 80.9 Å². The summed E-state index contributed by atoms with van der Waals surface area (Å²) in [6, 6.07) is 1.70. The van der Waals surface area contributed by atoms with Crippen molar-refractivity contribution >= 4 is 34.1 Å². The molecule has 6 nitrogen and oxygen atoms in total. The molecule has 0 bridgehead atoms. The molecule has 3 rings (SSSR count). The van der Waals surface area contributed by atoms with E-state index in [-0.39, 0.29) is 11.7 Å². The smallest absolute Gasteiger partial charge is 0.296 e. The highest BCUT2D eigenvalue weighted by atomic mass is 32.2. The van der Waals surface area contributed by atoms with Crippen LogP contribution in [0.4, 0.5) is 5.13 Å². The molecule has 1 amide bonds. The SMILES string of the molecule is CSc1nnc(NC(=O)c2cc(C3CC3)no2)s1. The van der Waals surface area contributed by atoms with Gasteiger partial charge in [0.25, 0.3) is 5.91 Å². The van der Waals surface area contributed by atoms with E-state index in [1.807, 2.05) is 6.26 Å². The molecule has 18 heavy (non-hydrogen) atoms. The molecule has 94 valence electrons. The van der Waals surface area contributed by atoms with E-state index in [9.17, 15) is 4.79 Å². The van der Waals surface area contributed by atoms with Crippen LogP contribution in [0.15, 0.2) is 14.9 Å². The van der Waals surface area contributed by atoms with Crippen LogP contribution in [-0.2, 0) is 0 Å². The van der Waals surface area contributed by atoms with Crippen molar-refractivity contribution in [2.75, 3.05) is 11.6 Å². The first-order chi connectivity index (χ1) is 8.76. The van der Waals surface area contributed by atoms with Gasteiger partial charge in [-0.15, -0.1) is 10.2 Å². The van der Waals surface area contributed by atoms with Crippen molar-refractivity contribution < 1.29 is 9.32 Å². The number of nitrogens with zero attached hydrogens (tertiary/aromatic N) is 3. The Morgan fingerprint density at radius 2 is 2.39 bits per heavy atom. The molecule has 2 heterocycles. The molecular weight excluding hydrogens is 272 g/mol. The fourth-order valence-electron chi connectivity index (χ4n) is 1.47. The number of hydrogen-bond donors (Lipinski definition) is 1. The van der Waals surface area contributed by atoms with Gasteiger partial charge in [-0.25, -0.2) is 0 Å². The van der Waals surface area contributed by atoms with Crippen LogP contribution < -0.4 is 5.32 Å². The molecule has 0 atom stereocenters. The number of amides is 1.